The van der Waals surface area contributed by atoms with Crippen LogP contribution in [0.3, 0.4) is 0 Å². The van der Waals surface area contributed by atoms with Crippen LogP contribution >= 0.6 is 11.3 Å². The van der Waals surface area contributed by atoms with Crippen molar-refractivity contribution < 1.29 is 9.53 Å². The molecule has 0 saturated heterocycles. The Bertz CT molecular complexity index is 285. The van der Waals surface area contributed by atoms with Gasteiger partial charge in [-0.25, -0.2) is 0 Å². The van der Waals surface area contributed by atoms with Crippen LogP contribution in [0.25, 0.3) is 0 Å². The highest BCUT2D eigenvalue weighted by Gasteiger charge is 2.08. The third-order valence-electron chi connectivity index (χ3n) is 2.14. The van der Waals surface area contributed by atoms with Crippen molar-refractivity contribution in [2.45, 2.75) is 32.2 Å². The van der Waals surface area contributed by atoms with Crippen molar-refractivity contribution in [1.29, 1.82) is 0 Å². The zero-order valence-corrected chi connectivity index (χ0v) is 9.76. The Morgan fingerprint density at radius 3 is 3.07 bits per heavy atom. The quantitative estimate of drug-likeness (QED) is 0.756. The van der Waals surface area contributed by atoms with Crippen molar-refractivity contribution in [2.75, 3.05) is 6.61 Å². The second-order valence-electron chi connectivity index (χ2n) is 3.42. The molecule has 0 radical (unpaired) electrons. The Morgan fingerprint density at radius 1 is 1.67 bits per heavy atom. The molecule has 1 aromatic rings. The van der Waals surface area contributed by atoms with E-state index in [2.05, 4.69) is 0 Å². The van der Waals surface area contributed by atoms with E-state index in [1.165, 1.54) is 4.88 Å². The number of nitrogens with two attached hydrogens (primary N) is 1. The lowest BCUT2D eigenvalue weighted by atomic mass is 10.2. The minimum atomic E-state index is -0.194. The van der Waals surface area contributed by atoms with Gasteiger partial charge in [0.15, 0.2) is 0 Å². The number of hydrogen-bond donors (Lipinski definition) is 1. The summed E-state index contributed by atoms with van der Waals surface area (Å²) in [4.78, 5) is 12.5. The molecule has 84 valence electrons. The van der Waals surface area contributed by atoms with E-state index in [1.807, 2.05) is 24.4 Å². The van der Waals surface area contributed by atoms with Crippen molar-refractivity contribution in [1.82, 2.24) is 0 Å². The van der Waals surface area contributed by atoms with E-state index in [-0.39, 0.29) is 12.0 Å². The molecule has 0 spiro atoms. The summed E-state index contributed by atoms with van der Waals surface area (Å²) in [5.41, 5.74) is 5.64. The van der Waals surface area contributed by atoms with Crippen LogP contribution in [0.4, 0.5) is 0 Å². The fourth-order valence-electron chi connectivity index (χ4n) is 1.14. The third-order valence-corrected chi connectivity index (χ3v) is 3.08. The van der Waals surface area contributed by atoms with E-state index in [9.17, 15) is 4.79 Å². The lowest BCUT2D eigenvalue weighted by Crippen LogP contribution is -2.24. The van der Waals surface area contributed by atoms with E-state index in [0.717, 1.165) is 12.8 Å². The number of rotatable bonds is 6. The van der Waals surface area contributed by atoms with Gasteiger partial charge >= 0.3 is 5.97 Å². The molecule has 0 saturated carbocycles. The van der Waals surface area contributed by atoms with Gasteiger partial charge in [-0.1, -0.05) is 13.0 Å². The minimum Gasteiger partial charge on any atom is -0.465 e. The number of esters is 1. The maximum Gasteiger partial charge on any atom is 0.307 e. The van der Waals surface area contributed by atoms with E-state index >= 15 is 0 Å². The summed E-state index contributed by atoms with van der Waals surface area (Å²) < 4.78 is 5.08. The molecule has 0 aliphatic rings. The van der Waals surface area contributed by atoms with Crippen LogP contribution < -0.4 is 5.73 Å². The Kier molecular flexibility index (Phi) is 5.36. The fraction of sp³-hybridized carbons (Fsp3) is 0.545. The molecule has 1 aromatic heterocycles. The van der Waals surface area contributed by atoms with Gasteiger partial charge in [-0.3, -0.25) is 4.79 Å². The number of thiophene rings is 1. The zero-order chi connectivity index (χ0) is 11.1. The first-order valence-corrected chi connectivity index (χ1v) is 6.04. The van der Waals surface area contributed by atoms with Crippen molar-refractivity contribution >= 4 is 17.3 Å². The van der Waals surface area contributed by atoms with Crippen LogP contribution in [0.5, 0.6) is 0 Å². The van der Waals surface area contributed by atoms with Crippen molar-refractivity contribution in [3.05, 3.63) is 22.4 Å². The second kappa shape index (κ2) is 6.58. The Morgan fingerprint density at radius 2 is 2.47 bits per heavy atom. The highest BCUT2D eigenvalue weighted by Crippen LogP contribution is 2.09. The smallest absolute Gasteiger partial charge is 0.307 e. The first-order valence-electron chi connectivity index (χ1n) is 5.16. The average molecular weight is 227 g/mol. The molecule has 0 amide bonds. The highest BCUT2D eigenvalue weighted by atomic mass is 32.1. The minimum absolute atomic E-state index is 0.0702. The Hall–Kier alpha value is -0.870. The molecule has 1 heterocycles. The van der Waals surface area contributed by atoms with E-state index in [0.29, 0.717) is 13.0 Å². The van der Waals surface area contributed by atoms with Crippen molar-refractivity contribution in [2.24, 2.45) is 5.73 Å². The lowest BCUT2D eigenvalue weighted by molar-refractivity contribution is -0.143. The monoisotopic (exact) mass is 227 g/mol. The predicted molar refractivity (Wildman–Crippen MR) is 61.9 cm³/mol. The van der Waals surface area contributed by atoms with Gasteiger partial charge in [-0.2, -0.15) is 0 Å². The molecular formula is C11H17NO2S. The standard InChI is InChI=1S/C11H17NO2S/c1-2-9(12)8-11(13)14-6-5-10-4-3-7-15-10/h3-4,7,9H,2,5-6,8,12H2,1H3. The number of hydrogen-bond acceptors (Lipinski definition) is 4. The molecule has 2 N–H and O–H groups in total. The van der Waals surface area contributed by atoms with Crippen LogP contribution in [-0.2, 0) is 16.0 Å². The van der Waals surface area contributed by atoms with E-state index in [1.54, 1.807) is 11.3 Å². The summed E-state index contributed by atoms with van der Waals surface area (Å²) in [5, 5.41) is 2.02. The summed E-state index contributed by atoms with van der Waals surface area (Å²) in [5.74, 6) is -0.194. The SMILES string of the molecule is CCC(N)CC(=O)OCCc1cccs1. The van der Waals surface area contributed by atoms with Gasteiger partial charge in [0, 0.05) is 17.3 Å². The van der Waals surface area contributed by atoms with Crippen LogP contribution in [-0.4, -0.2) is 18.6 Å². The first kappa shape index (κ1) is 12.2. The van der Waals surface area contributed by atoms with E-state index < -0.39 is 0 Å². The summed E-state index contributed by atoms with van der Waals surface area (Å²) in [6.07, 6.45) is 1.92. The summed E-state index contributed by atoms with van der Waals surface area (Å²) in [7, 11) is 0. The molecule has 1 rings (SSSR count). The third kappa shape index (κ3) is 4.95. The van der Waals surface area contributed by atoms with Gasteiger partial charge in [0.25, 0.3) is 0 Å². The van der Waals surface area contributed by atoms with Gasteiger partial charge in [-0.05, 0) is 17.9 Å². The fourth-order valence-corrected chi connectivity index (χ4v) is 1.83. The summed E-state index contributed by atoms with van der Waals surface area (Å²) in [6, 6.07) is 3.96. The second-order valence-corrected chi connectivity index (χ2v) is 4.45. The molecule has 0 aromatic carbocycles. The summed E-state index contributed by atoms with van der Waals surface area (Å²) >= 11 is 1.68. The Balaban J connectivity index is 2.12. The predicted octanol–water partition coefficient (Wildman–Crippen LogP) is 1.96. The maximum atomic E-state index is 11.2. The molecule has 0 bridgehead atoms. The molecule has 15 heavy (non-hydrogen) atoms. The van der Waals surface area contributed by atoms with Gasteiger partial charge in [-0.15, -0.1) is 11.3 Å². The van der Waals surface area contributed by atoms with Crippen LogP contribution in [0.15, 0.2) is 17.5 Å². The average Bonchev–Trinajstić information content (AvgIpc) is 2.70. The zero-order valence-electron chi connectivity index (χ0n) is 8.94. The van der Waals surface area contributed by atoms with E-state index in [4.69, 9.17) is 10.5 Å². The molecule has 3 nitrogen and oxygen atoms in total. The first-order chi connectivity index (χ1) is 7.22. The van der Waals surface area contributed by atoms with Crippen LogP contribution in [0.2, 0.25) is 0 Å². The lowest BCUT2D eigenvalue weighted by Gasteiger charge is -2.08. The number of carbonyl (C=O) groups is 1. The van der Waals surface area contributed by atoms with Crippen LogP contribution in [0, 0.1) is 0 Å². The van der Waals surface area contributed by atoms with Gasteiger partial charge in [0.1, 0.15) is 0 Å². The topological polar surface area (TPSA) is 52.3 Å². The highest BCUT2D eigenvalue weighted by molar-refractivity contribution is 7.09. The molecular weight excluding hydrogens is 210 g/mol. The molecule has 1 atom stereocenters. The van der Waals surface area contributed by atoms with Crippen molar-refractivity contribution in [3.63, 3.8) is 0 Å². The largest absolute Gasteiger partial charge is 0.465 e. The van der Waals surface area contributed by atoms with Gasteiger partial charge in [0.05, 0.1) is 13.0 Å². The molecule has 1 unspecified atom stereocenters. The number of carbonyl (C=O) groups excluding carboxylic acids is 1. The molecule has 0 aliphatic heterocycles. The van der Waals surface area contributed by atoms with Crippen LogP contribution in [0.1, 0.15) is 24.6 Å². The number of ether oxygens (including phenoxy) is 1. The molecule has 4 heteroatoms. The Labute approximate surface area is 94.2 Å². The van der Waals surface area contributed by atoms with Crippen molar-refractivity contribution in [3.8, 4) is 0 Å². The van der Waals surface area contributed by atoms with Gasteiger partial charge in [0.2, 0.25) is 0 Å². The maximum absolute atomic E-state index is 11.2. The molecule has 0 fully saturated rings. The summed E-state index contributed by atoms with van der Waals surface area (Å²) in [6.45, 7) is 2.42. The molecule has 0 aliphatic carbocycles. The normalized spacial score (nSPS) is 12.4. The van der Waals surface area contributed by atoms with Gasteiger partial charge < -0.3 is 10.5 Å².